The van der Waals surface area contributed by atoms with E-state index in [0.29, 0.717) is 0 Å². The molecule has 0 bridgehead atoms. The molecule has 0 aromatic heterocycles. The lowest BCUT2D eigenvalue weighted by Crippen LogP contribution is -2.11. The predicted octanol–water partition coefficient (Wildman–Crippen LogP) is 3.42. The van der Waals surface area contributed by atoms with Crippen LogP contribution in [0, 0.1) is 0 Å². The molecule has 2 nitrogen and oxygen atoms in total. The minimum atomic E-state index is 0.169. The van der Waals surface area contributed by atoms with Crippen LogP contribution in [-0.4, -0.2) is 11.8 Å². The molecular formula is C16H15NO. The van der Waals surface area contributed by atoms with Gasteiger partial charge in [-0.1, -0.05) is 65.8 Å². The Hall–Kier alpha value is -2.09. The van der Waals surface area contributed by atoms with Crippen LogP contribution in [0.2, 0.25) is 0 Å². The van der Waals surface area contributed by atoms with Gasteiger partial charge >= 0.3 is 0 Å². The molecule has 1 aliphatic heterocycles. The molecule has 3 rings (SSSR count). The van der Waals surface area contributed by atoms with Crippen LogP contribution in [0.5, 0.6) is 0 Å². The van der Waals surface area contributed by atoms with Crippen LogP contribution < -0.4 is 0 Å². The number of hydrogen-bond donors (Lipinski definition) is 0. The summed E-state index contributed by atoms with van der Waals surface area (Å²) in [6, 6.07) is 20.6. The summed E-state index contributed by atoms with van der Waals surface area (Å²) in [6.07, 6.45) is 1.97. The Bertz CT molecular complexity index is 534. The van der Waals surface area contributed by atoms with Crippen molar-refractivity contribution in [2.45, 2.75) is 18.9 Å². The summed E-state index contributed by atoms with van der Waals surface area (Å²) in [7, 11) is 0. The van der Waals surface area contributed by atoms with Crippen molar-refractivity contribution in [1.82, 2.24) is 0 Å². The zero-order valence-corrected chi connectivity index (χ0v) is 10.1. The zero-order chi connectivity index (χ0) is 12.2. The molecule has 2 aromatic carbocycles. The summed E-state index contributed by atoms with van der Waals surface area (Å²) < 4.78 is 0. The van der Waals surface area contributed by atoms with Gasteiger partial charge in [0.25, 0.3) is 0 Å². The summed E-state index contributed by atoms with van der Waals surface area (Å²) in [4.78, 5) is 5.51. The molecule has 90 valence electrons. The van der Waals surface area contributed by atoms with Crippen LogP contribution in [0.4, 0.5) is 0 Å². The number of oxime groups is 1. The van der Waals surface area contributed by atoms with Crippen LogP contribution in [0.25, 0.3) is 0 Å². The van der Waals surface area contributed by atoms with Crippen molar-refractivity contribution in [2.75, 3.05) is 0 Å². The molecule has 0 N–H and O–H groups in total. The Morgan fingerprint density at radius 2 is 1.61 bits per heavy atom. The van der Waals surface area contributed by atoms with E-state index in [4.69, 9.17) is 4.84 Å². The van der Waals surface area contributed by atoms with Gasteiger partial charge in [0.05, 0.1) is 5.71 Å². The first-order chi connectivity index (χ1) is 8.92. The minimum absolute atomic E-state index is 0.169. The summed E-state index contributed by atoms with van der Waals surface area (Å²) in [5.74, 6) is 0. The molecule has 0 aliphatic carbocycles. The van der Waals surface area contributed by atoms with E-state index in [9.17, 15) is 0 Å². The number of nitrogens with zero attached hydrogens (tertiary/aromatic N) is 1. The Balaban J connectivity index is 1.65. The maximum absolute atomic E-state index is 5.51. The highest BCUT2D eigenvalue weighted by Crippen LogP contribution is 2.19. The van der Waals surface area contributed by atoms with E-state index in [0.717, 1.165) is 24.1 Å². The number of benzene rings is 2. The Kier molecular flexibility index (Phi) is 3.09. The summed E-state index contributed by atoms with van der Waals surface area (Å²) in [5.41, 5.74) is 3.51. The van der Waals surface area contributed by atoms with Gasteiger partial charge in [0.1, 0.15) is 6.10 Å². The van der Waals surface area contributed by atoms with Gasteiger partial charge in [-0.2, -0.15) is 0 Å². The van der Waals surface area contributed by atoms with E-state index in [1.165, 1.54) is 5.56 Å². The smallest absolute Gasteiger partial charge is 0.137 e. The maximum Gasteiger partial charge on any atom is 0.137 e. The second kappa shape index (κ2) is 5.05. The topological polar surface area (TPSA) is 21.6 Å². The van der Waals surface area contributed by atoms with E-state index in [1.54, 1.807) is 0 Å². The molecule has 18 heavy (non-hydrogen) atoms. The molecule has 1 atom stereocenters. The number of hydrogen-bond acceptors (Lipinski definition) is 2. The van der Waals surface area contributed by atoms with E-state index < -0.39 is 0 Å². The second-order valence-corrected chi connectivity index (χ2v) is 4.53. The molecule has 0 fully saturated rings. The van der Waals surface area contributed by atoms with E-state index in [-0.39, 0.29) is 6.10 Å². The first kappa shape index (κ1) is 11.0. The third kappa shape index (κ3) is 2.43. The predicted molar refractivity (Wildman–Crippen MR) is 72.6 cm³/mol. The molecule has 1 aliphatic rings. The Labute approximate surface area is 107 Å². The van der Waals surface area contributed by atoms with Gasteiger partial charge in [0, 0.05) is 12.8 Å². The van der Waals surface area contributed by atoms with E-state index >= 15 is 0 Å². The van der Waals surface area contributed by atoms with Gasteiger partial charge in [-0.3, -0.25) is 0 Å². The van der Waals surface area contributed by atoms with Gasteiger partial charge in [0.15, 0.2) is 0 Å². The monoisotopic (exact) mass is 237 g/mol. The average Bonchev–Trinajstić information content (AvgIpc) is 2.89. The SMILES string of the molecule is c1ccc(C[C@H]2CC(c3ccccc3)=NO2)cc1. The van der Waals surface area contributed by atoms with Gasteiger partial charge in [-0.15, -0.1) is 0 Å². The molecule has 0 unspecified atom stereocenters. The third-order valence-corrected chi connectivity index (χ3v) is 3.15. The first-order valence-corrected chi connectivity index (χ1v) is 6.24. The van der Waals surface area contributed by atoms with Crippen LogP contribution in [0.1, 0.15) is 17.5 Å². The fourth-order valence-electron chi connectivity index (χ4n) is 2.22. The van der Waals surface area contributed by atoms with Crippen molar-refractivity contribution in [1.29, 1.82) is 0 Å². The quantitative estimate of drug-likeness (QED) is 0.801. The molecule has 0 saturated carbocycles. The van der Waals surface area contributed by atoms with Crippen LogP contribution in [-0.2, 0) is 11.3 Å². The lowest BCUT2D eigenvalue weighted by Gasteiger charge is -2.07. The van der Waals surface area contributed by atoms with E-state index in [1.807, 2.05) is 24.3 Å². The standard InChI is InChI=1S/C16H15NO/c1-3-7-13(8-4-1)11-15-12-16(17-18-15)14-9-5-2-6-10-14/h1-10,15H,11-12H2/t15-/m0/s1. The summed E-state index contributed by atoms with van der Waals surface area (Å²) in [6.45, 7) is 0. The van der Waals surface area contributed by atoms with Crippen molar-refractivity contribution in [2.24, 2.45) is 5.16 Å². The van der Waals surface area contributed by atoms with Gasteiger partial charge in [-0.05, 0) is 11.1 Å². The second-order valence-electron chi connectivity index (χ2n) is 4.53. The van der Waals surface area contributed by atoms with Crippen LogP contribution in [0.15, 0.2) is 65.8 Å². The van der Waals surface area contributed by atoms with Crippen molar-refractivity contribution in [3.05, 3.63) is 71.8 Å². The van der Waals surface area contributed by atoms with Crippen molar-refractivity contribution in [3.63, 3.8) is 0 Å². The Morgan fingerprint density at radius 3 is 2.33 bits per heavy atom. The highest BCUT2D eigenvalue weighted by atomic mass is 16.6. The lowest BCUT2D eigenvalue weighted by molar-refractivity contribution is 0.0859. The van der Waals surface area contributed by atoms with Gasteiger partial charge in [-0.25, -0.2) is 0 Å². The molecular weight excluding hydrogens is 222 g/mol. The highest BCUT2D eigenvalue weighted by molar-refractivity contribution is 6.01. The average molecular weight is 237 g/mol. The molecule has 0 radical (unpaired) electrons. The summed E-state index contributed by atoms with van der Waals surface area (Å²) >= 11 is 0. The third-order valence-electron chi connectivity index (χ3n) is 3.15. The van der Waals surface area contributed by atoms with E-state index in [2.05, 4.69) is 41.6 Å². The van der Waals surface area contributed by atoms with Crippen LogP contribution >= 0.6 is 0 Å². The largest absolute Gasteiger partial charge is 0.391 e. The van der Waals surface area contributed by atoms with Crippen molar-refractivity contribution < 1.29 is 4.84 Å². The molecule has 0 amide bonds. The van der Waals surface area contributed by atoms with Crippen LogP contribution in [0.3, 0.4) is 0 Å². The van der Waals surface area contributed by atoms with Gasteiger partial charge < -0.3 is 4.84 Å². The molecule has 0 saturated heterocycles. The maximum atomic E-state index is 5.51. The number of rotatable bonds is 3. The highest BCUT2D eigenvalue weighted by Gasteiger charge is 2.22. The molecule has 2 heteroatoms. The minimum Gasteiger partial charge on any atom is -0.391 e. The fourth-order valence-corrected chi connectivity index (χ4v) is 2.22. The Morgan fingerprint density at radius 1 is 0.944 bits per heavy atom. The fraction of sp³-hybridized carbons (Fsp3) is 0.188. The molecule has 1 heterocycles. The normalized spacial score (nSPS) is 18.2. The molecule has 2 aromatic rings. The van der Waals surface area contributed by atoms with Crippen molar-refractivity contribution >= 4 is 5.71 Å². The summed E-state index contributed by atoms with van der Waals surface area (Å²) in [5, 5.41) is 4.20. The lowest BCUT2D eigenvalue weighted by atomic mass is 10.0. The van der Waals surface area contributed by atoms with Gasteiger partial charge in [0.2, 0.25) is 0 Å². The zero-order valence-electron chi connectivity index (χ0n) is 10.1. The van der Waals surface area contributed by atoms with Crippen molar-refractivity contribution in [3.8, 4) is 0 Å². The first-order valence-electron chi connectivity index (χ1n) is 6.24. The molecule has 0 spiro atoms.